The molecule has 4 N–H and O–H groups in total. The van der Waals surface area contributed by atoms with Gasteiger partial charge in [0.15, 0.2) is 0 Å². The molecule has 3 aromatic rings. The monoisotopic (exact) mass is 615 g/mol. The Morgan fingerprint density at radius 1 is 1.38 bits per heavy atom. The summed E-state index contributed by atoms with van der Waals surface area (Å²) in [6.07, 6.45) is 1.43. The number of nitrogens with one attached hydrogen (secondary N) is 1. The van der Waals surface area contributed by atoms with Crippen molar-refractivity contribution in [3.8, 4) is 0 Å². The maximum atomic E-state index is 14.5. The molecule has 5 rings (SSSR count). The van der Waals surface area contributed by atoms with Crippen LogP contribution in [0.1, 0.15) is 55.9 Å². The van der Waals surface area contributed by atoms with E-state index in [0.29, 0.717) is 21.7 Å². The number of aliphatic hydroxyl groups excluding tert-OH is 1. The summed E-state index contributed by atoms with van der Waals surface area (Å²) in [6.45, 7) is 0.633. The van der Waals surface area contributed by atoms with Crippen LogP contribution in [0.15, 0.2) is 30.7 Å². The van der Waals surface area contributed by atoms with Crippen LogP contribution in [0.4, 0.5) is 14.6 Å². The van der Waals surface area contributed by atoms with Gasteiger partial charge in [0.25, 0.3) is 5.92 Å². The molecule has 0 spiro atoms. The summed E-state index contributed by atoms with van der Waals surface area (Å²) < 4.78 is 61.3. The number of ether oxygens (including phenoxy) is 1. The molecule has 4 atom stereocenters. The average Bonchev–Trinajstić information content (AvgIpc) is 3.43. The van der Waals surface area contributed by atoms with E-state index in [1.54, 1.807) is 13.0 Å². The Labute approximate surface area is 237 Å². The van der Waals surface area contributed by atoms with Gasteiger partial charge < -0.3 is 15.2 Å². The van der Waals surface area contributed by atoms with Crippen LogP contribution in [0, 0.1) is 12.8 Å². The van der Waals surface area contributed by atoms with Crippen molar-refractivity contribution in [2.45, 2.75) is 43.9 Å². The topological polar surface area (TPSA) is 167 Å². The molecule has 16 heteroatoms. The van der Waals surface area contributed by atoms with Crippen LogP contribution in [0.2, 0.25) is 5.15 Å². The highest BCUT2D eigenvalue weighted by molar-refractivity contribution is 7.84. The SMILES string of the molecule is Cc1sc(C(=O)c2cncnc2N[C@@H]2C[C@H](COS(N)(=O)=O)[C@@H](O)C2)cc1[C@@H]1OCC(F)(F)c2ccc(Cl)nc21. The van der Waals surface area contributed by atoms with E-state index in [2.05, 4.69) is 24.5 Å². The summed E-state index contributed by atoms with van der Waals surface area (Å²) in [5.41, 5.74) is 0.394. The van der Waals surface area contributed by atoms with Gasteiger partial charge in [-0.3, -0.25) is 8.98 Å². The van der Waals surface area contributed by atoms with Crippen LogP contribution in [0.5, 0.6) is 0 Å². The van der Waals surface area contributed by atoms with Crippen molar-refractivity contribution < 1.29 is 36.0 Å². The quantitative estimate of drug-likeness (QED) is 0.253. The molecule has 0 amide bonds. The fourth-order valence-electron chi connectivity index (χ4n) is 4.93. The number of halogens is 3. The zero-order valence-electron chi connectivity index (χ0n) is 20.9. The first-order chi connectivity index (χ1) is 18.8. The molecule has 0 unspecified atom stereocenters. The third-order valence-corrected chi connectivity index (χ3v) is 8.57. The fraction of sp³-hybridized carbons (Fsp3) is 0.417. The second-order valence-electron chi connectivity index (χ2n) is 9.62. The van der Waals surface area contributed by atoms with E-state index in [9.17, 15) is 27.1 Å². The van der Waals surface area contributed by atoms with Gasteiger partial charge in [0.1, 0.15) is 30.0 Å². The summed E-state index contributed by atoms with van der Waals surface area (Å²) in [4.78, 5) is 26.8. The Hall–Kier alpha value is -2.66. The number of aliphatic hydroxyl groups is 1. The maximum Gasteiger partial charge on any atom is 0.333 e. The second-order valence-corrected chi connectivity index (χ2v) is 12.5. The smallest absolute Gasteiger partial charge is 0.333 e. The Morgan fingerprint density at radius 3 is 2.90 bits per heavy atom. The molecule has 0 saturated heterocycles. The van der Waals surface area contributed by atoms with E-state index in [4.69, 9.17) is 21.5 Å². The molecule has 40 heavy (non-hydrogen) atoms. The van der Waals surface area contributed by atoms with Gasteiger partial charge in [-0.15, -0.1) is 11.3 Å². The average molecular weight is 616 g/mol. The number of aromatic nitrogens is 3. The van der Waals surface area contributed by atoms with Crippen molar-refractivity contribution in [1.82, 2.24) is 15.0 Å². The number of ketones is 1. The number of carbonyl (C=O) groups excluding carboxylic acids is 1. The van der Waals surface area contributed by atoms with Crippen molar-refractivity contribution >= 4 is 44.8 Å². The summed E-state index contributed by atoms with van der Waals surface area (Å²) in [5.74, 6) is -3.90. The predicted molar refractivity (Wildman–Crippen MR) is 141 cm³/mol. The number of fused-ring (bicyclic) bond motifs is 1. The zero-order valence-corrected chi connectivity index (χ0v) is 23.3. The summed E-state index contributed by atoms with van der Waals surface area (Å²) in [7, 11) is -4.15. The van der Waals surface area contributed by atoms with E-state index < -0.39 is 46.7 Å². The van der Waals surface area contributed by atoms with Gasteiger partial charge in [-0.1, -0.05) is 11.6 Å². The van der Waals surface area contributed by atoms with Crippen LogP contribution >= 0.6 is 22.9 Å². The molecule has 4 heterocycles. The number of thiophene rings is 1. The third-order valence-electron chi connectivity index (χ3n) is 6.83. The first-order valence-corrected chi connectivity index (χ1v) is 14.7. The summed E-state index contributed by atoms with van der Waals surface area (Å²) >= 11 is 7.17. The molecule has 11 nitrogen and oxygen atoms in total. The molecule has 0 radical (unpaired) electrons. The van der Waals surface area contributed by atoms with Crippen molar-refractivity contribution in [2.24, 2.45) is 11.1 Å². The lowest BCUT2D eigenvalue weighted by Gasteiger charge is -2.30. The molecule has 1 fully saturated rings. The van der Waals surface area contributed by atoms with Gasteiger partial charge >= 0.3 is 10.3 Å². The lowest BCUT2D eigenvalue weighted by molar-refractivity contribution is -0.117. The largest absolute Gasteiger partial charge is 0.393 e. The Bertz CT molecular complexity index is 1560. The molecule has 1 aliphatic heterocycles. The molecule has 0 bridgehead atoms. The van der Waals surface area contributed by atoms with Gasteiger partial charge in [-0.25, -0.2) is 20.1 Å². The highest BCUT2D eigenvalue weighted by Gasteiger charge is 2.44. The van der Waals surface area contributed by atoms with Crippen LogP contribution < -0.4 is 10.5 Å². The first-order valence-electron chi connectivity index (χ1n) is 12.1. The van der Waals surface area contributed by atoms with Crippen LogP contribution in [0.3, 0.4) is 0 Å². The lowest BCUT2D eigenvalue weighted by atomic mass is 9.95. The zero-order chi connectivity index (χ0) is 28.8. The minimum Gasteiger partial charge on any atom is -0.393 e. The van der Waals surface area contributed by atoms with Crippen LogP contribution in [-0.2, 0) is 25.1 Å². The molecule has 0 aromatic carbocycles. The van der Waals surface area contributed by atoms with Gasteiger partial charge in [-0.05, 0) is 38.0 Å². The van der Waals surface area contributed by atoms with E-state index in [1.807, 2.05) is 0 Å². The maximum absolute atomic E-state index is 14.5. The molecular formula is C24H24ClF2N5O6S2. The molecule has 1 aliphatic carbocycles. The number of hydrogen-bond acceptors (Lipinski definition) is 11. The van der Waals surface area contributed by atoms with Gasteiger partial charge in [0.2, 0.25) is 5.78 Å². The van der Waals surface area contributed by atoms with Crippen molar-refractivity contribution in [1.29, 1.82) is 0 Å². The molecule has 214 valence electrons. The Morgan fingerprint density at radius 2 is 2.15 bits per heavy atom. The van der Waals surface area contributed by atoms with E-state index >= 15 is 0 Å². The Kier molecular flexibility index (Phi) is 7.91. The number of hydrogen-bond donors (Lipinski definition) is 3. The number of pyridine rings is 1. The normalized spacial score (nSPS) is 24.1. The van der Waals surface area contributed by atoms with Crippen molar-refractivity contribution in [3.05, 3.63) is 68.0 Å². The highest BCUT2D eigenvalue weighted by Crippen LogP contribution is 2.44. The predicted octanol–water partition coefficient (Wildman–Crippen LogP) is 3.11. The van der Waals surface area contributed by atoms with Gasteiger partial charge in [0.05, 0.1) is 28.8 Å². The second kappa shape index (κ2) is 11.0. The number of nitrogens with two attached hydrogens (primary N) is 1. The standard InChI is InChI=1S/C24H24ClF2N5O6S2/c1-11-14(22-20-16(2-3-19(25)32-20)24(26,27)9-37-22)6-18(39-11)21(34)15-7-29-10-30-23(15)31-13-4-12(17(33)5-13)8-38-40(28,35)36/h2-3,6-7,10,12-13,17,22,33H,4-5,8-9H2,1H3,(H2,28,35,36)(H,29,30,31)/t12-,13-,17+,22+/m1/s1. The Balaban J connectivity index is 1.37. The highest BCUT2D eigenvalue weighted by atomic mass is 35.5. The van der Waals surface area contributed by atoms with Gasteiger partial charge in [-0.2, -0.15) is 17.2 Å². The number of anilines is 1. The van der Waals surface area contributed by atoms with Crippen molar-refractivity contribution in [2.75, 3.05) is 18.5 Å². The molecular weight excluding hydrogens is 592 g/mol. The number of alkyl halides is 2. The number of aryl methyl sites for hydroxylation is 1. The third kappa shape index (κ3) is 6.00. The van der Waals surface area contributed by atoms with E-state index in [1.165, 1.54) is 24.7 Å². The molecule has 1 saturated carbocycles. The van der Waals surface area contributed by atoms with Crippen LogP contribution in [-0.4, -0.2) is 59.6 Å². The lowest BCUT2D eigenvalue weighted by Crippen LogP contribution is -2.31. The van der Waals surface area contributed by atoms with Crippen molar-refractivity contribution in [3.63, 3.8) is 0 Å². The summed E-state index contributed by atoms with van der Waals surface area (Å²) in [5, 5.41) is 18.4. The van der Waals surface area contributed by atoms with Gasteiger partial charge in [0, 0.05) is 34.2 Å². The molecule has 2 aliphatic rings. The number of rotatable bonds is 8. The first kappa shape index (κ1) is 28.9. The molecule has 3 aromatic heterocycles. The fourth-order valence-corrected chi connectivity index (χ4v) is 6.45. The van der Waals surface area contributed by atoms with E-state index in [-0.39, 0.29) is 46.9 Å². The van der Waals surface area contributed by atoms with Crippen LogP contribution in [0.25, 0.3) is 0 Å². The number of nitrogens with zero attached hydrogens (tertiary/aromatic N) is 3. The minimum atomic E-state index is -4.15. The van der Waals surface area contributed by atoms with E-state index in [0.717, 1.165) is 11.3 Å². The summed E-state index contributed by atoms with van der Waals surface area (Å²) in [6, 6.07) is 3.78. The minimum absolute atomic E-state index is 0.00481. The number of carbonyl (C=O) groups is 1.